The van der Waals surface area contributed by atoms with E-state index < -0.39 is 12.0 Å². The van der Waals surface area contributed by atoms with E-state index in [0.717, 1.165) is 25.7 Å². The number of likely N-dealkylation sites (tertiary alicyclic amines) is 1. The third-order valence-corrected chi connectivity index (χ3v) is 4.23. The summed E-state index contributed by atoms with van der Waals surface area (Å²) in [6.45, 7) is 2.57. The van der Waals surface area contributed by atoms with E-state index in [0.29, 0.717) is 18.9 Å². The Morgan fingerprint density at radius 3 is 2.47 bits per heavy atom. The van der Waals surface area contributed by atoms with Gasteiger partial charge in [0.25, 0.3) is 0 Å². The highest BCUT2D eigenvalue weighted by Crippen LogP contribution is 2.32. The summed E-state index contributed by atoms with van der Waals surface area (Å²) >= 11 is 0. The van der Waals surface area contributed by atoms with Gasteiger partial charge in [-0.25, -0.2) is 9.59 Å². The minimum atomic E-state index is -0.879. The summed E-state index contributed by atoms with van der Waals surface area (Å²) in [4.78, 5) is 25.1. The quantitative estimate of drug-likeness (QED) is 0.824. The molecular weight excluding hydrogens is 244 g/mol. The van der Waals surface area contributed by atoms with Crippen LogP contribution in [0.1, 0.15) is 51.9 Å². The fourth-order valence-corrected chi connectivity index (χ4v) is 2.78. The molecule has 1 saturated carbocycles. The Morgan fingerprint density at radius 1 is 1.16 bits per heavy atom. The summed E-state index contributed by atoms with van der Waals surface area (Å²) in [5.74, 6) is -0.293. The standard InChI is InChI=1S/C14H24N2O3/c1-10(11-7-8-11)15-14(19)16-9-5-3-2-4-6-12(16)13(17)18/h10-12H,2-9H2,1H3,(H,15,19)(H,17,18). The normalized spacial score (nSPS) is 26.2. The van der Waals surface area contributed by atoms with Crippen molar-refractivity contribution in [3.8, 4) is 0 Å². The molecule has 2 unspecified atom stereocenters. The molecule has 2 fully saturated rings. The summed E-state index contributed by atoms with van der Waals surface area (Å²) in [5.41, 5.74) is 0. The third kappa shape index (κ3) is 3.85. The largest absolute Gasteiger partial charge is 0.480 e. The first-order valence-corrected chi connectivity index (χ1v) is 7.39. The van der Waals surface area contributed by atoms with Gasteiger partial charge < -0.3 is 15.3 Å². The summed E-state index contributed by atoms with van der Waals surface area (Å²) in [5, 5.41) is 12.3. The number of hydrogen-bond acceptors (Lipinski definition) is 2. The lowest BCUT2D eigenvalue weighted by Gasteiger charge is -2.32. The number of carboxylic acid groups (broad SMARTS) is 1. The van der Waals surface area contributed by atoms with Crippen LogP contribution in [0.15, 0.2) is 0 Å². The number of nitrogens with zero attached hydrogens (tertiary/aromatic N) is 1. The smallest absolute Gasteiger partial charge is 0.326 e. The predicted octanol–water partition coefficient (Wildman–Crippen LogP) is 2.21. The van der Waals surface area contributed by atoms with Gasteiger partial charge in [0.05, 0.1) is 0 Å². The van der Waals surface area contributed by atoms with Crippen molar-refractivity contribution in [2.45, 2.75) is 64.0 Å². The van der Waals surface area contributed by atoms with E-state index in [1.807, 2.05) is 6.92 Å². The summed E-state index contributed by atoms with van der Waals surface area (Å²) in [6, 6.07) is -0.701. The Bertz CT molecular complexity index is 342. The second-order valence-electron chi connectivity index (χ2n) is 5.83. The molecule has 0 radical (unpaired) electrons. The highest BCUT2D eigenvalue weighted by molar-refractivity contribution is 5.82. The number of urea groups is 1. The molecule has 2 amide bonds. The van der Waals surface area contributed by atoms with Crippen LogP contribution in [0.2, 0.25) is 0 Å². The number of hydrogen-bond donors (Lipinski definition) is 2. The van der Waals surface area contributed by atoms with Gasteiger partial charge in [-0.15, -0.1) is 0 Å². The average molecular weight is 268 g/mol. The average Bonchev–Trinajstić information content (AvgIpc) is 3.11. The number of amides is 2. The molecule has 2 N–H and O–H groups in total. The maximum atomic E-state index is 12.3. The first-order valence-electron chi connectivity index (χ1n) is 7.39. The van der Waals surface area contributed by atoms with Crippen molar-refractivity contribution in [2.75, 3.05) is 6.54 Å². The topological polar surface area (TPSA) is 69.6 Å². The van der Waals surface area contributed by atoms with Crippen LogP contribution in [0.5, 0.6) is 0 Å². The molecule has 5 nitrogen and oxygen atoms in total. The number of rotatable bonds is 3. The summed E-state index contributed by atoms with van der Waals surface area (Å²) in [6.07, 6.45) is 6.84. The maximum Gasteiger partial charge on any atom is 0.326 e. The highest BCUT2D eigenvalue weighted by atomic mass is 16.4. The molecule has 0 aromatic heterocycles. The van der Waals surface area contributed by atoms with Gasteiger partial charge in [-0.2, -0.15) is 0 Å². The molecule has 2 rings (SSSR count). The zero-order chi connectivity index (χ0) is 13.8. The number of aliphatic carboxylic acids is 1. The Balaban J connectivity index is 1.98. The van der Waals surface area contributed by atoms with Crippen LogP contribution in [-0.2, 0) is 4.79 Å². The third-order valence-electron chi connectivity index (χ3n) is 4.23. The van der Waals surface area contributed by atoms with Crippen LogP contribution in [0.3, 0.4) is 0 Å². The van der Waals surface area contributed by atoms with Crippen molar-refractivity contribution in [3.63, 3.8) is 0 Å². The molecule has 2 atom stereocenters. The second-order valence-corrected chi connectivity index (χ2v) is 5.83. The molecule has 1 aliphatic heterocycles. The van der Waals surface area contributed by atoms with Gasteiger partial charge in [0, 0.05) is 12.6 Å². The van der Waals surface area contributed by atoms with Crippen LogP contribution < -0.4 is 5.32 Å². The molecule has 108 valence electrons. The van der Waals surface area contributed by atoms with E-state index in [-0.39, 0.29) is 12.1 Å². The summed E-state index contributed by atoms with van der Waals surface area (Å²) in [7, 11) is 0. The van der Waals surface area contributed by atoms with Crippen LogP contribution in [0.4, 0.5) is 4.79 Å². The molecule has 0 aromatic rings. The van der Waals surface area contributed by atoms with Gasteiger partial charge in [-0.05, 0) is 38.5 Å². The number of carboxylic acids is 1. The number of nitrogens with one attached hydrogen (secondary N) is 1. The molecule has 19 heavy (non-hydrogen) atoms. The lowest BCUT2D eigenvalue weighted by atomic mass is 10.0. The molecule has 5 heteroatoms. The van der Waals surface area contributed by atoms with E-state index in [9.17, 15) is 14.7 Å². The second kappa shape index (κ2) is 6.26. The zero-order valence-electron chi connectivity index (χ0n) is 11.6. The SMILES string of the molecule is CC(NC(=O)N1CCCCCCC1C(=O)O)C1CC1. The zero-order valence-corrected chi connectivity index (χ0v) is 11.6. The van der Waals surface area contributed by atoms with E-state index in [4.69, 9.17) is 0 Å². The van der Waals surface area contributed by atoms with E-state index in [1.54, 1.807) is 0 Å². The minimum absolute atomic E-state index is 0.160. The first-order chi connectivity index (χ1) is 9.09. The van der Waals surface area contributed by atoms with Gasteiger partial charge in [-0.1, -0.05) is 19.3 Å². The van der Waals surface area contributed by atoms with Crippen molar-refractivity contribution in [1.29, 1.82) is 0 Å². The molecule has 0 bridgehead atoms. The lowest BCUT2D eigenvalue weighted by Crippen LogP contribution is -2.52. The summed E-state index contributed by atoms with van der Waals surface area (Å²) < 4.78 is 0. The fourth-order valence-electron chi connectivity index (χ4n) is 2.78. The lowest BCUT2D eigenvalue weighted by molar-refractivity contribution is -0.142. The molecule has 0 spiro atoms. The molecule has 0 aromatic carbocycles. The molecule has 1 heterocycles. The van der Waals surface area contributed by atoms with Crippen LogP contribution in [0, 0.1) is 5.92 Å². The Labute approximate surface area is 114 Å². The fraction of sp³-hybridized carbons (Fsp3) is 0.857. The van der Waals surface area contributed by atoms with Crippen molar-refractivity contribution in [3.05, 3.63) is 0 Å². The minimum Gasteiger partial charge on any atom is -0.480 e. The van der Waals surface area contributed by atoms with E-state index in [1.165, 1.54) is 17.7 Å². The van der Waals surface area contributed by atoms with Crippen molar-refractivity contribution >= 4 is 12.0 Å². The van der Waals surface area contributed by atoms with Crippen LogP contribution >= 0.6 is 0 Å². The number of carbonyl (C=O) groups is 2. The van der Waals surface area contributed by atoms with Gasteiger partial charge in [0.15, 0.2) is 0 Å². The van der Waals surface area contributed by atoms with Gasteiger partial charge >= 0.3 is 12.0 Å². The Kier molecular flexibility index (Phi) is 4.66. The van der Waals surface area contributed by atoms with Crippen molar-refractivity contribution in [2.24, 2.45) is 5.92 Å². The van der Waals surface area contributed by atoms with Crippen LogP contribution in [0.25, 0.3) is 0 Å². The molecular formula is C14H24N2O3. The Hall–Kier alpha value is -1.26. The van der Waals surface area contributed by atoms with E-state index >= 15 is 0 Å². The van der Waals surface area contributed by atoms with Gasteiger partial charge in [0.2, 0.25) is 0 Å². The molecule has 2 aliphatic rings. The van der Waals surface area contributed by atoms with Crippen molar-refractivity contribution < 1.29 is 14.7 Å². The van der Waals surface area contributed by atoms with Gasteiger partial charge in [-0.3, -0.25) is 0 Å². The predicted molar refractivity (Wildman–Crippen MR) is 71.9 cm³/mol. The highest BCUT2D eigenvalue weighted by Gasteiger charge is 2.33. The molecule has 1 saturated heterocycles. The van der Waals surface area contributed by atoms with E-state index in [2.05, 4.69) is 5.32 Å². The maximum absolute atomic E-state index is 12.3. The van der Waals surface area contributed by atoms with Crippen molar-refractivity contribution in [1.82, 2.24) is 10.2 Å². The Morgan fingerprint density at radius 2 is 1.84 bits per heavy atom. The number of carbonyl (C=O) groups excluding carboxylic acids is 1. The monoisotopic (exact) mass is 268 g/mol. The van der Waals surface area contributed by atoms with Crippen LogP contribution in [-0.4, -0.2) is 40.6 Å². The van der Waals surface area contributed by atoms with Gasteiger partial charge in [0.1, 0.15) is 6.04 Å². The molecule has 1 aliphatic carbocycles. The first kappa shape index (κ1) is 14.2.